The van der Waals surface area contributed by atoms with Crippen LogP contribution in [0, 0.1) is 17.3 Å². The van der Waals surface area contributed by atoms with Gasteiger partial charge in [-0.2, -0.15) is 5.06 Å². The van der Waals surface area contributed by atoms with Crippen molar-refractivity contribution in [1.82, 2.24) is 15.7 Å². The number of nitrogens with zero attached hydrogens (tertiary/aromatic N) is 1. The first-order valence-electron chi connectivity index (χ1n) is 19.5. The Kier molecular flexibility index (Phi) is 11.0. The summed E-state index contributed by atoms with van der Waals surface area (Å²) in [4.78, 5) is 48.4. The zero-order valence-corrected chi connectivity index (χ0v) is 30.9. The van der Waals surface area contributed by atoms with Gasteiger partial charge in [-0.05, 0) is 43.7 Å². The number of aliphatic hydroxyl groups is 6. The molecule has 1 aromatic carbocycles. The summed E-state index contributed by atoms with van der Waals surface area (Å²) in [6.07, 6.45) is -4.15. The van der Waals surface area contributed by atoms with Crippen LogP contribution < -0.4 is 10.6 Å². The summed E-state index contributed by atoms with van der Waals surface area (Å²) >= 11 is 0. The minimum Gasteiger partial charge on any atom is -0.458 e. The molecule has 56 heavy (non-hydrogen) atoms. The first kappa shape index (κ1) is 39.7. The molecule has 0 radical (unpaired) electrons. The van der Waals surface area contributed by atoms with E-state index in [0.29, 0.717) is 0 Å². The Morgan fingerprint density at radius 1 is 1.02 bits per heavy atom. The second-order valence-electron chi connectivity index (χ2n) is 16.0. The Morgan fingerprint density at radius 2 is 1.71 bits per heavy atom. The maximum atomic E-state index is 14.7. The van der Waals surface area contributed by atoms with Crippen LogP contribution in [0.25, 0.3) is 6.08 Å². The molecular weight excluding hydrogens is 738 g/mol. The minimum absolute atomic E-state index is 0.0158. The molecule has 2 amide bonds. The van der Waals surface area contributed by atoms with Crippen LogP contribution in [-0.4, -0.2) is 159 Å². The topological polar surface area (TPSA) is 255 Å². The third-order valence-corrected chi connectivity index (χ3v) is 12.2. The number of aliphatic hydroxyl groups excluding tert-OH is 6. The summed E-state index contributed by atoms with van der Waals surface area (Å²) in [6.45, 7) is 0.448. The van der Waals surface area contributed by atoms with Crippen molar-refractivity contribution in [2.75, 3.05) is 26.4 Å². The number of hydrogen-bond acceptors (Lipinski definition) is 16. The predicted molar refractivity (Wildman–Crippen MR) is 188 cm³/mol. The molecule has 7 aliphatic rings. The lowest BCUT2D eigenvalue weighted by Crippen LogP contribution is -2.71. The number of fused-ring (bicyclic) bond motifs is 4. The van der Waals surface area contributed by atoms with Gasteiger partial charge in [0.15, 0.2) is 18.1 Å². The van der Waals surface area contributed by atoms with E-state index in [2.05, 4.69) is 10.6 Å². The van der Waals surface area contributed by atoms with Crippen molar-refractivity contribution in [1.29, 1.82) is 0 Å². The average Bonchev–Trinajstić information content (AvgIpc) is 4.14. The fourth-order valence-corrected chi connectivity index (χ4v) is 9.09. The molecule has 1 aromatic rings. The van der Waals surface area contributed by atoms with Crippen molar-refractivity contribution in [2.45, 2.75) is 125 Å². The summed E-state index contributed by atoms with van der Waals surface area (Å²) in [5.41, 5.74) is -0.0567. The van der Waals surface area contributed by atoms with E-state index < -0.39 is 109 Å². The van der Waals surface area contributed by atoms with Gasteiger partial charge in [0.25, 0.3) is 0 Å². The van der Waals surface area contributed by atoms with Crippen LogP contribution in [0.1, 0.15) is 50.2 Å². The third-order valence-electron chi connectivity index (χ3n) is 12.2. The SMILES string of the molecule is C[C@H](O)[C@@H](NC(=O)[C@@]12C[C@H]3OC(=O)[C@@H]1N(Cc1ccc(C=CCO[C@H]4O[C@H](CO)[C@H](O)[C@H](O)[C@H]4O)cc1)O[C@@H]2[C@H]1OC(C2CC2)(C2CC2)O[C@H]13)C(=O)NCCO. The van der Waals surface area contributed by atoms with Crippen molar-refractivity contribution in [3.63, 3.8) is 0 Å². The molecule has 8 N–H and O–H groups in total. The number of amides is 2. The summed E-state index contributed by atoms with van der Waals surface area (Å²) in [5, 5.41) is 66.1. The quantitative estimate of drug-likeness (QED) is 0.0862. The van der Waals surface area contributed by atoms with E-state index in [1.54, 1.807) is 12.2 Å². The van der Waals surface area contributed by atoms with Gasteiger partial charge in [0.05, 0.1) is 32.5 Å². The molecule has 7 fully saturated rings. The first-order valence-corrected chi connectivity index (χ1v) is 19.5. The molecule has 4 heterocycles. The molecule has 0 unspecified atom stereocenters. The molecule has 18 nitrogen and oxygen atoms in total. The van der Waals surface area contributed by atoms with Gasteiger partial charge in [0, 0.05) is 24.8 Å². The Bertz CT molecular complexity index is 1640. The predicted octanol–water partition coefficient (Wildman–Crippen LogP) is -2.41. The molecular formula is C38H51N3O15. The maximum absolute atomic E-state index is 14.7. The van der Waals surface area contributed by atoms with Gasteiger partial charge in [0.1, 0.15) is 60.3 Å². The van der Waals surface area contributed by atoms with E-state index in [0.717, 1.165) is 36.8 Å². The fraction of sp³-hybridized carbons (Fsp3) is 0.711. The van der Waals surface area contributed by atoms with Gasteiger partial charge >= 0.3 is 5.97 Å². The number of nitrogens with one attached hydrogen (secondary N) is 2. The number of carbonyl (C=O) groups excluding carboxylic acids is 3. The molecule has 3 saturated carbocycles. The van der Waals surface area contributed by atoms with Crippen LogP contribution in [0.15, 0.2) is 30.3 Å². The summed E-state index contributed by atoms with van der Waals surface area (Å²) in [6, 6.07) is 4.69. The second kappa shape index (κ2) is 15.6. The summed E-state index contributed by atoms with van der Waals surface area (Å²) < 4.78 is 30.6. The van der Waals surface area contributed by atoms with Crippen molar-refractivity contribution in [2.24, 2.45) is 17.3 Å². The highest BCUT2D eigenvalue weighted by molar-refractivity contribution is 5.96. The molecule has 308 valence electrons. The van der Waals surface area contributed by atoms with Crippen LogP contribution in [0.5, 0.6) is 0 Å². The highest BCUT2D eigenvalue weighted by Crippen LogP contribution is 2.63. The van der Waals surface area contributed by atoms with Gasteiger partial charge in [-0.15, -0.1) is 0 Å². The van der Waals surface area contributed by atoms with Gasteiger partial charge in [0.2, 0.25) is 11.8 Å². The van der Waals surface area contributed by atoms with E-state index in [-0.39, 0.29) is 44.6 Å². The van der Waals surface area contributed by atoms with Gasteiger partial charge in [-0.3, -0.25) is 19.2 Å². The molecule has 8 rings (SSSR count). The average molecular weight is 790 g/mol. The molecule has 2 bridgehead atoms. The Morgan fingerprint density at radius 3 is 2.36 bits per heavy atom. The van der Waals surface area contributed by atoms with E-state index in [9.17, 15) is 45.0 Å². The Balaban J connectivity index is 1.01. The van der Waals surface area contributed by atoms with Crippen molar-refractivity contribution in [3.8, 4) is 0 Å². The lowest BCUT2D eigenvalue weighted by molar-refractivity contribution is -0.298. The summed E-state index contributed by atoms with van der Waals surface area (Å²) in [7, 11) is 0. The number of esters is 1. The molecule has 0 spiro atoms. The standard InChI is InChI=1S/C38H51N3O15/c1-18(44)25(33(48)39-12-13-42)40-36(50)37-15-23-29-30(55-38(54-29,21-8-9-21)22-10-11-22)32(37)56-41(31(37)34(49)52-23)16-20-6-4-19(5-7-20)3-2-14-51-35-28(47)27(46)26(45)24(17-43)53-35/h2-7,18,21-32,35,42-47H,8-17H2,1H3,(H,39,48)(H,40,50)/t18-,23+,24+,25+,26-,27-,28+,29-,30-,31-,32+,35-,37-/m0/s1. The molecule has 18 heteroatoms. The van der Waals surface area contributed by atoms with E-state index in [1.807, 2.05) is 24.3 Å². The van der Waals surface area contributed by atoms with E-state index in [1.165, 1.54) is 12.0 Å². The normalized spacial score (nSPS) is 38.5. The van der Waals surface area contributed by atoms with Crippen LogP contribution >= 0.6 is 0 Å². The van der Waals surface area contributed by atoms with E-state index >= 15 is 0 Å². The number of rotatable bonds is 15. The number of benzene rings is 1. The first-order chi connectivity index (χ1) is 26.9. The van der Waals surface area contributed by atoms with Crippen LogP contribution in [0.3, 0.4) is 0 Å². The van der Waals surface area contributed by atoms with Gasteiger partial charge in [-0.25, -0.2) is 0 Å². The number of hydrogen-bond donors (Lipinski definition) is 8. The lowest BCUT2D eigenvalue weighted by atomic mass is 9.62. The molecule has 4 aliphatic heterocycles. The number of ether oxygens (including phenoxy) is 5. The van der Waals surface area contributed by atoms with Gasteiger partial charge in [-0.1, -0.05) is 36.4 Å². The van der Waals surface area contributed by atoms with Crippen molar-refractivity contribution < 1.29 is 73.5 Å². The fourth-order valence-electron chi connectivity index (χ4n) is 9.09. The maximum Gasteiger partial charge on any atom is 0.327 e. The van der Waals surface area contributed by atoms with Crippen LogP contribution in [-0.2, 0) is 49.5 Å². The highest BCUT2D eigenvalue weighted by atomic mass is 16.8. The largest absolute Gasteiger partial charge is 0.458 e. The zero-order chi connectivity index (χ0) is 39.5. The Labute approximate surface area is 322 Å². The second-order valence-corrected chi connectivity index (χ2v) is 16.0. The minimum atomic E-state index is -1.57. The molecule has 3 aliphatic carbocycles. The highest BCUT2D eigenvalue weighted by Gasteiger charge is 2.78. The smallest absolute Gasteiger partial charge is 0.327 e. The lowest BCUT2D eigenvalue weighted by Gasteiger charge is -2.49. The third kappa shape index (κ3) is 6.96. The van der Waals surface area contributed by atoms with Crippen molar-refractivity contribution in [3.05, 3.63) is 41.5 Å². The van der Waals surface area contributed by atoms with E-state index in [4.69, 9.17) is 28.5 Å². The zero-order valence-electron chi connectivity index (χ0n) is 30.9. The van der Waals surface area contributed by atoms with Gasteiger partial charge < -0.3 is 65.0 Å². The number of hydroxylamine groups is 2. The number of carbonyl (C=O) groups is 3. The van der Waals surface area contributed by atoms with Crippen LogP contribution in [0.2, 0.25) is 0 Å². The van der Waals surface area contributed by atoms with Crippen molar-refractivity contribution >= 4 is 23.9 Å². The Hall–Kier alpha value is -3.11. The molecule has 4 saturated heterocycles. The van der Waals surface area contributed by atoms with Crippen LogP contribution in [0.4, 0.5) is 0 Å². The summed E-state index contributed by atoms with van der Waals surface area (Å²) in [5.74, 6) is -2.49. The molecule has 0 aromatic heterocycles. The monoisotopic (exact) mass is 789 g/mol. The molecule has 13 atom stereocenters.